The van der Waals surface area contributed by atoms with Crippen LogP contribution in [0.2, 0.25) is 0 Å². The molecule has 0 fully saturated rings. The summed E-state index contributed by atoms with van der Waals surface area (Å²) < 4.78 is 13.2. The van der Waals surface area contributed by atoms with Crippen molar-refractivity contribution in [3.8, 4) is 12.3 Å². The molecule has 2 rings (SSSR count). The summed E-state index contributed by atoms with van der Waals surface area (Å²) in [6.45, 7) is 0. The zero-order valence-corrected chi connectivity index (χ0v) is 9.10. The number of halogens is 1. The number of hydrogen-bond acceptors (Lipinski definition) is 1. The highest BCUT2D eigenvalue weighted by Gasteiger charge is 2.29. The van der Waals surface area contributed by atoms with Crippen LogP contribution in [0.15, 0.2) is 54.6 Å². The normalized spacial score (nSPS) is 13.7. The van der Waals surface area contributed by atoms with Gasteiger partial charge in [0.25, 0.3) is 0 Å². The average Bonchev–Trinajstić information content (AvgIpc) is 2.39. The lowest BCUT2D eigenvalue weighted by atomic mass is 9.87. The molecule has 1 N–H and O–H groups in total. The number of rotatable bonds is 2. The fourth-order valence-corrected chi connectivity index (χ4v) is 1.73. The first-order chi connectivity index (χ1) is 8.16. The van der Waals surface area contributed by atoms with Crippen molar-refractivity contribution in [2.75, 3.05) is 0 Å². The Labute approximate surface area is 99.5 Å². The van der Waals surface area contributed by atoms with E-state index in [9.17, 15) is 9.50 Å². The van der Waals surface area contributed by atoms with Gasteiger partial charge in [-0.3, -0.25) is 0 Å². The summed E-state index contributed by atoms with van der Waals surface area (Å²) in [6, 6.07) is 14.5. The van der Waals surface area contributed by atoms with Crippen LogP contribution in [0.5, 0.6) is 0 Å². The number of terminal acetylenes is 1. The number of benzene rings is 2. The zero-order chi connectivity index (χ0) is 12.3. The minimum absolute atomic E-state index is 0.353. The maximum atomic E-state index is 13.2. The standard InChI is InChI=1S/C15H11FO/c1-2-15(17,12-7-4-3-5-8-12)13-9-6-10-14(16)11-13/h1,3-11,17H. The van der Waals surface area contributed by atoms with Crippen molar-refractivity contribution in [2.24, 2.45) is 0 Å². The molecule has 0 amide bonds. The third kappa shape index (κ3) is 2.06. The Morgan fingerprint density at radius 2 is 1.65 bits per heavy atom. The van der Waals surface area contributed by atoms with E-state index in [2.05, 4.69) is 5.92 Å². The molecule has 0 aliphatic rings. The molecule has 0 aromatic heterocycles. The fraction of sp³-hybridized carbons (Fsp3) is 0.0667. The smallest absolute Gasteiger partial charge is 0.176 e. The Balaban J connectivity index is 2.57. The quantitative estimate of drug-likeness (QED) is 0.780. The molecule has 1 nitrogen and oxygen atoms in total. The summed E-state index contributed by atoms with van der Waals surface area (Å²) in [6.07, 6.45) is 5.40. The van der Waals surface area contributed by atoms with E-state index in [-0.39, 0.29) is 0 Å². The van der Waals surface area contributed by atoms with Crippen molar-refractivity contribution in [1.82, 2.24) is 0 Å². The van der Waals surface area contributed by atoms with Gasteiger partial charge in [0.1, 0.15) is 5.82 Å². The number of hydrogen-bond donors (Lipinski definition) is 1. The molecule has 84 valence electrons. The molecule has 1 unspecified atom stereocenters. The predicted octanol–water partition coefficient (Wildman–Crippen LogP) is 2.69. The molecular weight excluding hydrogens is 215 g/mol. The lowest BCUT2D eigenvalue weighted by molar-refractivity contribution is 0.145. The molecule has 0 saturated heterocycles. The Morgan fingerprint density at radius 3 is 2.24 bits per heavy atom. The molecule has 0 saturated carbocycles. The minimum atomic E-state index is -1.59. The highest BCUT2D eigenvalue weighted by molar-refractivity contribution is 5.43. The van der Waals surface area contributed by atoms with Crippen LogP contribution < -0.4 is 0 Å². The molecule has 0 spiro atoms. The molecular formula is C15H11FO. The first kappa shape index (κ1) is 11.4. The van der Waals surface area contributed by atoms with Gasteiger partial charge in [0, 0.05) is 11.1 Å². The number of aliphatic hydroxyl groups is 1. The Hall–Kier alpha value is -2.11. The maximum absolute atomic E-state index is 13.2. The second kappa shape index (κ2) is 4.40. The van der Waals surface area contributed by atoms with Gasteiger partial charge in [-0.2, -0.15) is 0 Å². The molecule has 1 atom stereocenters. The molecule has 0 aliphatic carbocycles. The van der Waals surface area contributed by atoms with E-state index >= 15 is 0 Å². The Morgan fingerprint density at radius 1 is 1.00 bits per heavy atom. The largest absolute Gasteiger partial charge is 0.369 e. The summed E-state index contributed by atoms with van der Waals surface area (Å²) in [5.74, 6) is 1.90. The van der Waals surface area contributed by atoms with E-state index in [1.165, 1.54) is 18.2 Å². The molecule has 2 heteroatoms. The van der Waals surface area contributed by atoms with Crippen LogP contribution in [0.4, 0.5) is 4.39 Å². The van der Waals surface area contributed by atoms with Crippen LogP contribution in [0.1, 0.15) is 11.1 Å². The molecule has 0 heterocycles. The third-order valence-corrected chi connectivity index (χ3v) is 2.64. The summed E-state index contributed by atoms with van der Waals surface area (Å²) in [5.41, 5.74) is -0.692. The first-order valence-corrected chi connectivity index (χ1v) is 5.18. The monoisotopic (exact) mass is 226 g/mol. The van der Waals surface area contributed by atoms with E-state index in [1.807, 2.05) is 6.07 Å². The Kier molecular flexibility index (Phi) is 2.95. The molecule has 2 aromatic carbocycles. The van der Waals surface area contributed by atoms with E-state index in [0.29, 0.717) is 11.1 Å². The highest BCUT2D eigenvalue weighted by atomic mass is 19.1. The molecule has 0 bridgehead atoms. The van der Waals surface area contributed by atoms with Crippen LogP contribution in [-0.4, -0.2) is 5.11 Å². The SMILES string of the molecule is C#CC(O)(c1ccccc1)c1cccc(F)c1. The van der Waals surface area contributed by atoms with E-state index in [0.717, 1.165) is 0 Å². The second-order valence-corrected chi connectivity index (χ2v) is 3.73. The van der Waals surface area contributed by atoms with Crippen LogP contribution >= 0.6 is 0 Å². The van der Waals surface area contributed by atoms with Gasteiger partial charge in [0.05, 0.1) is 0 Å². The van der Waals surface area contributed by atoms with Crippen molar-refractivity contribution in [3.05, 3.63) is 71.5 Å². The summed E-state index contributed by atoms with van der Waals surface area (Å²) in [7, 11) is 0. The molecule has 0 radical (unpaired) electrons. The van der Waals surface area contributed by atoms with Gasteiger partial charge >= 0.3 is 0 Å². The topological polar surface area (TPSA) is 20.2 Å². The van der Waals surface area contributed by atoms with Crippen molar-refractivity contribution in [3.63, 3.8) is 0 Å². The Bertz CT molecular complexity index is 557. The predicted molar refractivity (Wildman–Crippen MR) is 64.7 cm³/mol. The zero-order valence-electron chi connectivity index (χ0n) is 9.10. The van der Waals surface area contributed by atoms with Crippen LogP contribution in [-0.2, 0) is 5.60 Å². The van der Waals surface area contributed by atoms with Crippen LogP contribution in [0.3, 0.4) is 0 Å². The lowest BCUT2D eigenvalue weighted by Crippen LogP contribution is -2.25. The summed E-state index contributed by atoms with van der Waals surface area (Å²) in [4.78, 5) is 0. The minimum Gasteiger partial charge on any atom is -0.369 e. The molecule has 17 heavy (non-hydrogen) atoms. The van der Waals surface area contributed by atoms with Gasteiger partial charge in [0.2, 0.25) is 0 Å². The lowest BCUT2D eigenvalue weighted by Gasteiger charge is -2.23. The third-order valence-electron chi connectivity index (χ3n) is 2.64. The average molecular weight is 226 g/mol. The first-order valence-electron chi connectivity index (χ1n) is 5.18. The fourth-order valence-electron chi connectivity index (χ4n) is 1.73. The van der Waals surface area contributed by atoms with E-state index < -0.39 is 11.4 Å². The van der Waals surface area contributed by atoms with Gasteiger partial charge in [-0.15, -0.1) is 6.42 Å². The highest BCUT2D eigenvalue weighted by Crippen LogP contribution is 2.28. The summed E-state index contributed by atoms with van der Waals surface area (Å²) >= 11 is 0. The van der Waals surface area contributed by atoms with Crippen molar-refractivity contribution >= 4 is 0 Å². The van der Waals surface area contributed by atoms with Crippen LogP contribution in [0.25, 0.3) is 0 Å². The summed E-state index contributed by atoms with van der Waals surface area (Å²) in [5, 5.41) is 10.5. The van der Waals surface area contributed by atoms with E-state index in [4.69, 9.17) is 6.42 Å². The van der Waals surface area contributed by atoms with Gasteiger partial charge in [-0.1, -0.05) is 48.4 Å². The van der Waals surface area contributed by atoms with Crippen molar-refractivity contribution in [2.45, 2.75) is 5.60 Å². The molecule has 2 aromatic rings. The van der Waals surface area contributed by atoms with Gasteiger partial charge < -0.3 is 5.11 Å². The maximum Gasteiger partial charge on any atom is 0.176 e. The van der Waals surface area contributed by atoms with Gasteiger partial charge in [-0.25, -0.2) is 4.39 Å². The second-order valence-electron chi connectivity index (χ2n) is 3.73. The van der Waals surface area contributed by atoms with Gasteiger partial charge in [-0.05, 0) is 12.1 Å². The van der Waals surface area contributed by atoms with Crippen molar-refractivity contribution in [1.29, 1.82) is 0 Å². The van der Waals surface area contributed by atoms with Crippen molar-refractivity contribution < 1.29 is 9.50 Å². The molecule has 0 aliphatic heterocycles. The van der Waals surface area contributed by atoms with Crippen LogP contribution in [0, 0.1) is 18.2 Å². The van der Waals surface area contributed by atoms with E-state index in [1.54, 1.807) is 30.3 Å². The van der Waals surface area contributed by atoms with Gasteiger partial charge in [0.15, 0.2) is 5.60 Å².